The fourth-order valence-corrected chi connectivity index (χ4v) is 4.71. The first-order valence-electron chi connectivity index (χ1n) is 6.85. The highest BCUT2D eigenvalue weighted by Crippen LogP contribution is 2.39. The Hall–Kier alpha value is -0.670. The van der Waals surface area contributed by atoms with E-state index in [0.717, 1.165) is 24.3 Å². The summed E-state index contributed by atoms with van der Waals surface area (Å²) in [6, 6.07) is 4.62. The van der Waals surface area contributed by atoms with Crippen LogP contribution in [-0.2, 0) is 10.8 Å². The molecule has 1 aliphatic heterocycles. The van der Waals surface area contributed by atoms with Gasteiger partial charge in [0.1, 0.15) is 0 Å². The van der Waals surface area contributed by atoms with E-state index in [2.05, 4.69) is 45.1 Å². The first-order valence-corrected chi connectivity index (χ1v) is 8.06. The number of hydrogen-bond donors (Lipinski definition) is 1. The number of aryl methyl sites for hydroxylation is 2. The van der Waals surface area contributed by atoms with E-state index in [0.29, 0.717) is 0 Å². The molecule has 0 bridgehead atoms. The number of rotatable bonds is 4. The quantitative estimate of drug-likeness (QED) is 0.905. The van der Waals surface area contributed by atoms with E-state index in [1.807, 2.05) is 0 Å². The van der Waals surface area contributed by atoms with Crippen LogP contribution in [0.3, 0.4) is 0 Å². The van der Waals surface area contributed by atoms with Gasteiger partial charge in [-0.25, -0.2) is 0 Å². The van der Waals surface area contributed by atoms with Crippen molar-refractivity contribution in [3.8, 4) is 0 Å². The molecule has 0 saturated heterocycles. The summed E-state index contributed by atoms with van der Waals surface area (Å²) in [5.41, 5.74) is 3.80. The number of fused-ring (bicyclic) bond motifs is 1. The summed E-state index contributed by atoms with van der Waals surface area (Å²) >= 11 is 0. The minimum absolute atomic E-state index is 0.242. The molecule has 3 heteroatoms. The van der Waals surface area contributed by atoms with E-state index in [1.165, 1.54) is 16.7 Å². The molecule has 0 fully saturated rings. The third-order valence-corrected chi connectivity index (χ3v) is 5.67. The molecule has 0 spiro atoms. The van der Waals surface area contributed by atoms with Gasteiger partial charge in [0.2, 0.25) is 0 Å². The smallest absolute Gasteiger partial charge is 0.0590 e. The van der Waals surface area contributed by atoms with Gasteiger partial charge in [-0.3, -0.25) is 4.21 Å². The Morgan fingerprint density at radius 3 is 2.50 bits per heavy atom. The van der Waals surface area contributed by atoms with Crippen molar-refractivity contribution < 1.29 is 4.21 Å². The highest BCUT2D eigenvalue weighted by atomic mass is 32.2. The fourth-order valence-electron chi connectivity index (χ4n) is 2.74. The van der Waals surface area contributed by atoms with Crippen molar-refractivity contribution in [2.45, 2.75) is 56.7 Å². The van der Waals surface area contributed by atoms with Gasteiger partial charge in [-0.2, -0.15) is 0 Å². The fraction of sp³-hybridized carbons (Fsp3) is 0.600. The van der Waals surface area contributed by atoms with Gasteiger partial charge in [0.15, 0.2) is 0 Å². The van der Waals surface area contributed by atoms with Gasteiger partial charge in [0.25, 0.3) is 0 Å². The van der Waals surface area contributed by atoms with Crippen molar-refractivity contribution in [3.63, 3.8) is 0 Å². The highest BCUT2D eigenvalue weighted by Gasteiger charge is 2.37. The number of hydrogen-bond acceptors (Lipinski definition) is 2. The Bertz CT molecular complexity index is 470. The third kappa shape index (κ3) is 2.26. The molecule has 1 heterocycles. The predicted octanol–water partition coefficient (Wildman–Crippen LogP) is 3.24. The Morgan fingerprint density at radius 1 is 1.22 bits per heavy atom. The van der Waals surface area contributed by atoms with Crippen molar-refractivity contribution in [1.29, 1.82) is 0 Å². The van der Waals surface area contributed by atoms with Crippen LogP contribution in [-0.4, -0.2) is 16.0 Å². The normalized spacial score (nSPS) is 26.3. The minimum atomic E-state index is -0.848. The molecular weight excluding hydrogens is 242 g/mol. The lowest BCUT2D eigenvalue weighted by Gasteiger charge is -2.19. The van der Waals surface area contributed by atoms with Gasteiger partial charge in [-0.05, 0) is 49.6 Å². The van der Waals surface area contributed by atoms with Crippen LogP contribution in [0.15, 0.2) is 17.0 Å². The number of benzene rings is 1. The number of nitrogens with one attached hydrogen (secondary N) is 1. The zero-order valence-electron chi connectivity index (χ0n) is 11.7. The summed E-state index contributed by atoms with van der Waals surface area (Å²) in [7, 11) is -0.848. The Labute approximate surface area is 113 Å². The van der Waals surface area contributed by atoms with Crippen LogP contribution in [0, 0.1) is 13.8 Å². The van der Waals surface area contributed by atoms with E-state index >= 15 is 0 Å². The monoisotopic (exact) mass is 265 g/mol. The van der Waals surface area contributed by atoms with Crippen LogP contribution < -0.4 is 5.32 Å². The molecule has 0 aromatic heterocycles. The third-order valence-electron chi connectivity index (χ3n) is 3.82. The second kappa shape index (κ2) is 5.54. The van der Waals surface area contributed by atoms with Gasteiger partial charge in [0, 0.05) is 10.9 Å². The summed E-state index contributed by atoms with van der Waals surface area (Å²) in [6.07, 6.45) is 2.11. The van der Waals surface area contributed by atoms with Crippen LogP contribution in [0.2, 0.25) is 0 Å². The molecule has 100 valence electrons. The van der Waals surface area contributed by atoms with E-state index in [9.17, 15) is 4.21 Å². The summed E-state index contributed by atoms with van der Waals surface area (Å²) in [4.78, 5) is 1.06. The molecule has 1 N–H and O–H groups in total. The largest absolute Gasteiger partial charge is 0.309 e. The van der Waals surface area contributed by atoms with Crippen molar-refractivity contribution in [2.75, 3.05) is 6.54 Å². The molecule has 1 aromatic rings. The average molecular weight is 265 g/mol. The summed E-state index contributed by atoms with van der Waals surface area (Å²) in [6.45, 7) is 9.44. The molecule has 0 amide bonds. The van der Waals surface area contributed by atoms with Crippen LogP contribution in [0.4, 0.5) is 0 Å². The standard InChI is InChI=1S/C15H23NOS/c1-5-7-13-15(16-6-2)12-8-10(3)11(4)9-14(12)18(13)17/h8-9,13,15-16H,5-7H2,1-4H3. The lowest BCUT2D eigenvalue weighted by atomic mass is 9.97. The van der Waals surface area contributed by atoms with Crippen molar-refractivity contribution in [1.82, 2.24) is 5.32 Å². The van der Waals surface area contributed by atoms with Crippen molar-refractivity contribution in [2.24, 2.45) is 0 Å². The molecule has 0 saturated carbocycles. The second-order valence-corrected chi connectivity index (χ2v) is 6.77. The predicted molar refractivity (Wildman–Crippen MR) is 77.4 cm³/mol. The van der Waals surface area contributed by atoms with Gasteiger partial charge >= 0.3 is 0 Å². The Balaban J connectivity index is 2.46. The maximum absolute atomic E-state index is 12.6. The summed E-state index contributed by atoms with van der Waals surface area (Å²) < 4.78 is 12.6. The van der Waals surface area contributed by atoms with E-state index in [1.54, 1.807) is 0 Å². The zero-order valence-corrected chi connectivity index (χ0v) is 12.6. The maximum atomic E-state index is 12.6. The van der Waals surface area contributed by atoms with Gasteiger partial charge in [0.05, 0.1) is 16.0 Å². The van der Waals surface area contributed by atoms with E-state index in [4.69, 9.17) is 0 Å². The first kappa shape index (κ1) is 13.8. The Morgan fingerprint density at radius 2 is 1.89 bits per heavy atom. The molecule has 0 aliphatic carbocycles. The van der Waals surface area contributed by atoms with Crippen LogP contribution in [0.5, 0.6) is 0 Å². The molecule has 3 atom stereocenters. The van der Waals surface area contributed by atoms with Gasteiger partial charge in [-0.1, -0.05) is 26.3 Å². The minimum Gasteiger partial charge on any atom is -0.309 e. The van der Waals surface area contributed by atoms with Crippen molar-refractivity contribution >= 4 is 10.8 Å². The average Bonchev–Trinajstić information content (AvgIpc) is 2.57. The lowest BCUT2D eigenvalue weighted by Crippen LogP contribution is -2.29. The topological polar surface area (TPSA) is 29.1 Å². The lowest BCUT2D eigenvalue weighted by molar-refractivity contribution is 0.506. The van der Waals surface area contributed by atoms with Gasteiger partial charge < -0.3 is 5.32 Å². The SMILES string of the molecule is CCCC1C(NCC)c2cc(C)c(C)cc2S1=O. The van der Waals surface area contributed by atoms with Gasteiger partial charge in [-0.15, -0.1) is 0 Å². The molecule has 1 aliphatic rings. The molecule has 1 aromatic carbocycles. The molecular formula is C15H23NOS. The second-order valence-electron chi connectivity index (χ2n) is 5.13. The van der Waals surface area contributed by atoms with Crippen molar-refractivity contribution in [3.05, 3.63) is 28.8 Å². The van der Waals surface area contributed by atoms with Crippen LogP contribution in [0.25, 0.3) is 0 Å². The zero-order chi connectivity index (χ0) is 13.3. The van der Waals surface area contributed by atoms with Crippen LogP contribution >= 0.6 is 0 Å². The molecule has 18 heavy (non-hydrogen) atoms. The molecule has 0 radical (unpaired) electrons. The molecule has 3 unspecified atom stereocenters. The maximum Gasteiger partial charge on any atom is 0.0590 e. The van der Waals surface area contributed by atoms with E-state index in [-0.39, 0.29) is 11.3 Å². The summed E-state index contributed by atoms with van der Waals surface area (Å²) in [5, 5.41) is 3.76. The Kier molecular flexibility index (Phi) is 4.23. The summed E-state index contributed by atoms with van der Waals surface area (Å²) in [5.74, 6) is 0. The van der Waals surface area contributed by atoms with Crippen LogP contribution in [0.1, 0.15) is 49.4 Å². The van der Waals surface area contributed by atoms with E-state index < -0.39 is 10.8 Å². The molecule has 2 nitrogen and oxygen atoms in total. The highest BCUT2D eigenvalue weighted by molar-refractivity contribution is 7.86. The molecule has 2 rings (SSSR count). The first-order chi connectivity index (χ1) is 8.60.